The number of aliphatic hydroxyl groups is 1. The molecule has 0 atom stereocenters. The quantitative estimate of drug-likeness (QED) is 0.933. The predicted octanol–water partition coefficient (Wildman–Crippen LogP) is 2.91. The largest absolute Gasteiger partial charge is 0.396 e. The standard InChI is InChI=1S/C16H15FN2O/c1-10-6-13(9-19-15(10)8-18)16-11(2)5-12(3-4-20)7-14(16)17/h5-7,9,20H,3-4H2,1-2H3. The van der Waals surface area contributed by atoms with Gasteiger partial charge in [0.2, 0.25) is 0 Å². The van der Waals surface area contributed by atoms with E-state index < -0.39 is 0 Å². The summed E-state index contributed by atoms with van der Waals surface area (Å²) in [6.45, 7) is 3.60. The Balaban J connectivity index is 2.53. The van der Waals surface area contributed by atoms with Crippen molar-refractivity contribution in [3.8, 4) is 17.2 Å². The molecule has 0 saturated heterocycles. The van der Waals surface area contributed by atoms with Crippen LogP contribution in [-0.4, -0.2) is 16.7 Å². The van der Waals surface area contributed by atoms with Crippen LogP contribution < -0.4 is 0 Å². The second-order valence-corrected chi connectivity index (χ2v) is 4.74. The number of aromatic nitrogens is 1. The Morgan fingerprint density at radius 3 is 2.55 bits per heavy atom. The maximum absolute atomic E-state index is 14.3. The normalized spacial score (nSPS) is 10.3. The zero-order valence-corrected chi connectivity index (χ0v) is 11.4. The van der Waals surface area contributed by atoms with Crippen LogP contribution in [0.2, 0.25) is 0 Å². The maximum atomic E-state index is 14.3. The van der Waals surface area contributed by atoms with E-state index in [1.165, 1.54) is 12.3 Å². The van der Waals surface area contributed by atoms with E-state index in [2.05, 4.69) is 4.98 Å². The number of aryl methyl sites for hydroxylation is 2. The molecule has 1 aromatic carbocycles. The highest BCUT2D eigenvalue weighted by Crippen LogP contribution is 2.28. The molecule has 0 amide bonds. The average molecular weight is 270 g/mol. The minimum absolute atomic E-state index is 0.00421. The van der Waals surface area contributed by atoms with Gasteiger partial charge < -0.3 is 5.11 Å². The first-order valence-corrected chi connectivity index (χ1v) is 6.33. The Labute approximate surface area is 117 Å². The molecular weight excluding hydrogens is 255 g/mol. The third-order valence-electron chi connectivity index (χ3n) is 3.22. The summed E-state index contributed by atoms with van der Waals surface area (Å²) in [7, 11) is 0. The molecular formula is C16H15FN2O. The van der Waals surface area contributed by atoms with E-state index in [-0.39, 0.29) is 12.4 Å². The van der Waals surface area contributed by atoms with E-state index in [4.69, 9.17) is 10.4 Å². The summed E-state index contributed by atoms with van der Waals surface area (Å²) in [5, 5.41) is 17.8. The molecule has 2 aromatic rings. The van der Waals surface area contributed by atoms with Gasteiger partial charge in [0.15, 0.2) is 0 Å². The fourth-order valence-electron chi connectivity index (χ4n) is 2.28. The molecule has 102 valence electrons. The topological polar surface area (TPSA) is 56.9 Å². The lowest BCUT2D eigenvalue weighted by molar-refractivity contribution is 0.299. The van der Waals surface area contributed by atoms with Crippen LogP contribution in [0.25, 0.3) is 11.1 Å². The lowest BCUT2D eigenvalue weighted by Gasteiger charge is -2.11. The summed E-state index contributed by atoms with van der Waals surface area (Å²) >= 11 is 0. The third kappa shape index (κ3) is 2.68. The van der Waals surface area contributed by atoms with Gasteiger partial charge in [-0.05, 0) is 49.1 Å². The van der Waals surface area contributed by atoms with Crippen molar-refractivity contribution in [2.24, 2.45) is 0 Å². The number of benzene rings is 1. The van der Waals surface area contributed by atoms with Crippen LogP contribution in [-0.2, 0) is 6.42 Å². The van der Waals surface area contributed by atoms with E-state index >= 15 is 0 Å². The predicted molar refractivity (Wildman–Crippen MR) is 74.6 cm³/mol. The zero-order valence-electron chi connectivity index (χ0n) is 11.4. The van der Waals surface area contributed by atoms with Crippen LogP contribution in [0.15, 0.2) is 24.4 Å². The van der Waals surface area contributed by atoms with Gasteiger partial charge in [0.25, 0.3) is 0 Å². The minimum Gasteiger partial charge on any atom is -0.396 e. The first kappa shape index (κ1) is 14.2. The summed E-state index contributed by atoms with van der Waals surface area (Å²) in [6.07, 6.45) is 1.95. The summed E-state index contributed by atoms with van der Waals surface area (Å²) < 4.78 is 14.3. The van der Waals surface area contributed by atoms with Crippen molar-refractivity contribution in [2.45, 2.75) is 20.3 Å². The molecule has 1 N–H and O–H groups in total. The molecule has 0 fully saturated rings. The Morgan fingerprint density at radius 1 is 1.25 bits per heavy atom. The number of nitrogens with zero attached hydrogens (tertiary/aromatic N) is 2. The molecule has 0 aliphatic carbocycles. The zero-order chi connectivity index (χ0) is 14.7. The number of hydrogen-bond donors (Lipinski definition) is 1. The fourth-order valence-corrected chi connectivity index (χ4v) is 2.28. The monoisotopic (exact) mass is 270 g/mol. The van der Waals surface area contributed by atoms with Gasteiger partial charge in [0.1, 0.15) is 17.6 Å². The van der Waals surface area contributed by atoms with Crippen LogP contribution >= 0.6 is 0 Å². The molecule has 0 unspecified atom stereocenters. The SMILES string of the molecule is Cc1cc(-c2c(C)cc(CCO)cc2F)cnc1C#N. The Kier molecular flexibility index (Phi) is 4.11. The lowest BCUT2D eigenvalue weighted by Crippen LogP contribution is -1.98. The second kappa shape index (κ2) is 5.81. The number of rotatable bonds is 3. The van der Waals surface area contributed by atoms with Crippen LogP contribution in [0.3, 0.4) is 0 Å². The minimum atomic E-state index is -0.334. The average Bonchev–Trinajstić information content (AvgIpc) is 2.38. The number of nitriles is 1. The van der Waals surface area contributed by atoms with Gasteiger partial charge in [0.05, 0.1) is 0 Å². The molecule has 1 aromatic heterocycles. The highest BCUT2D eigenvalue weighted by molar-refractivity contribution is 5.68. The number of halogens is 1. The molecule has 3 nitrogen and oxygen atoms in total. The van der Waals surface area contributed by atoms with Gasteiger partial charge in [-0.2, -0.15) is 5.26 Å². The smallest absolute Gasteiger partial charge is 0.143 e. The Morgan fingerprint density at radius 2 is 2.00 bits per heavy atom. The molecule has 0 saturated carbocycles. The summed E-state index contributed by atoms with van der Waals surface area (Å²) in [4.78, 5) is 4.05. The number of aliphatic hydroxyl groups excluding tert-OH is 1. The van der Waals surface area contributed by atoms with E-state index in [1.807, 2.05) is 19.1 Å². The van der Waals surface area contributed by atoms with Gasteiger partial charge in [0, 0.05) is 23.9 Å². The highest BCUT2D eigenvalue weighted by atomic mass is 19.1. The molecule has 0 spiro atoms. The molecule has 0 radical (unpaired) electrons. The Hall–Kier alpha value is -2.25. The van der Waals surface area contributed by atoms with Crippen LogP contribution in [0, 0.1) is 31.0 Å². The maximum Gasteiger partial charge on any atom is 0.143 e. The molecule has 0 bridgehead atoms. The van der Waals surface area contributed by atoms with Crippen molar-refractivity contribution >= 4 is 0 Å². The lowest BCUT2D eigenvalue weighted by atomic mass is 9.96. The summed E-state index contributed by atoms with van der Waals surface area (Å²) in [5.41, 5.74) is 3.79. The van der Waals surface area contributed by atoms with Crippen molar-refractivity contribution in [1.82, 2.24) is 4.98 Å². The van der Waals surface area contributed by atoms with Gasteiger partial charge in [-0.15, -0.1) is 0 Å². The molecule has 1 heterocycles. The van der Waals surface area contributed by atoms with Crippen molar-refractivity contribution < 1.29 is 9.50 Å². The van der Waals surface area contributed by atoms with Crippen LogP contribution in [0.1, 0.15) is 22.4 Å². The first-order chi connectivity index (χ1) is 9.56. The summed E-state index contributed by atoms with van der Waals surface area (Å²) in [6, 6.07) is 7.06. The van der Waals surface area contributed by atoms with Gasteiger partial charge in [-0.1, -0.05) is 6.07 Å². The van der Waals surface area contributed by atoms with E-state index in [9.17, 15) is 4.39 Å². The van der Waals surface area contributed by atoms with Crippen molar-refractivity contribution in [1.29, 1.82) is 5.26 Å². The van der Waals surface area contributed by atoms with Gasteiger partial charge in [-0.25, -0.2) is 9.37 Å². The van der Waals surface area contributed by atoms with E-state index in [1.54, 1.807) is 13.0 Å². The second-order valence-electron chi connectivity index (χ2n) is 4.74. The van der Waals surface area contributed by atoms with Gasteiger partial charge in [-0.3, -0.25) is 0 Å². The van der Waals surface area contributed by atoms with Crippen LogP contribution in [0.5, 0.6) is 0 Å². The van der Waals surface area contributed by atoms with Crippen molar-refractivity contribution in [3.05, 3.63) is 52.6 Å². The van der Waals surface area contributed by atoms with Gasteiger partial charge >= 0.3 is 0 Å². The van der Waals surface area contributed by atoms with Crippen LogP contribution in [0.4, 0.5) is 4.39 Å². The fraction of sp³-hybridized carbons (Fsp3) is 0.250. The Bertz CT molecular complexity index is 666. The number of pyridine rings is 1. The first-order valence-electron chi connectivity index (χ1n) is 6.33. The third-order valence-corrected chi connectivity index (χ3v) is 3.22. The molecule has 4 heteroatoms. The molecule has 2 rings (SSSR count). The molecule has 0 aliphatic heterocycles. The molecule has 0 aliphatic rings. The van der Waals surface area contributed by atoms with Crippen molar-refractivity contribution in [2.75, 3.05) is 6.61 Å². The summed E-state index contributed by atoms with van der Waals surface area (Å²) in [5.74, 6) is -0.334. The van der Waals surface area contributed by atoms with Crippen molar-refractivity contribution in [3.63, 3.8) is 0 Å². The van der Waals surface area contributed by atoms with E-state index in [0.717, 1.165) is 16.7 Å². The van der Waals surface area contributed by atoms with E-state index in [0.29, 0.717) is 23.2 Å². The highest BCUT2D eigenvalue weighted by Gasteiger charge is 2.12. The molecule has 20 heavy (non-hydrogen) atoms. The number of hydrogen-bond acceptors (Lipinski definition) is 3.